The third-order valence-corrected chi connectivity index (χ3v) is 5.90. The van der Waals surface area contributed by atoms with Crippen LogP contribution in [-0.4, -0.2) is 64.4 Å². The minimum Gasteiger partial charge on any atom is -0.379 e. The monoisotopic (exact) mass is 447 g/mol. The van der Waals surface area contributed by atoms with Gasteiger partial charge in [-0.3, -0.25) is 9.69 Å². The van der Waals surface area contributed by atoms with Gasteiger partial charge in [0.2, 0.25) is 0 Å². The molecule has 0 unspecified atom stereocenters. The molecule has 1 fully saturated rings. The molecule has 1 amide bonds. The summed E-state index contributed by atoms with van der Waals surface area (Å²) in [6.07, 6.45) is 4.67. The Hall–Kier alpha value is -3.49. The van der Waals surface area contributed by atoms with E-state index in [4.69, 9.17) is 4.74 Å². The highest BCUT2D eigenvalue weighted by Gasteiger charge is 2.13. The molecule has 1 aromatic carbocycles. The predicted octanol–water partition coefficient (Wildman–Crippen LogP) is 3.38. The van der Waals surface area contributed by atoms with E-state index in [2.05, 4.69) is 15.3 Å². The van der Waals surface area contributed by atoms with Crippen LogP contribution in [0.25, 0.3) is 22.5 Å². The number of nitrogens with zero attached hydrogens (tertiary/aromatic N) is 4. The first kappa shape index (κ1) is 21.4. The molecule has 4 heterocycles. The Kier molecular flexibility index (Phi) is 6.19. The SMILES string of the molecule is O=C(NCCCN1CCOCC1)c1ccn(-c2ccc3ccc(-c4ccc(F)cc4)cn23)n1. The summed E-state index contributed by atoms with van der Waals surface area (Å²) in [5.74, 6) is 0.383. The maximum atomic E-state index is 13.3. The van der Waals surface area contributed by atoms with E-state index in [0.29, 0.717) is 12.2 Å². The van der Waals surface area contributed by atoms with Crippen molar-refractivity contribution in [1.82, 2.24) is 24.4 Å². The zero-order valence-corrected chi connectivity index (χ0v) is 18.3. The van der Waals surface area contributed by atoms with Gasteiger partial charge < -0.3 is 14.5 Å². The number of carbonyl (C=O) groups is 1. The number of ether oxygens (including phenoxy) is 1. The first-order valence-electron chi connectivity index (χ1n) is 11.2. The fraction of sp³-hybridized carbons (Fsp3) is 0.280. The molecule has 7 nitrogen and oxygen atoms in total. The Morgan fingerprint density at radius 2 is 1.76 bits per heavy atom. The molecule has 0 saturated carbocycles. The number of nitrogens with one attached hydrogen (secondary N) is 1. The lowest BCUT2D eigenvalue weighted by Crippen LogP contribution is -2.38. The molecule has 0 spiro atoms. The first-order chi connectivity index (χ1) is 16.2. The molecule has 0 aliphatic carbocycles. The van der Waals surface area contributed by atoms with E-state index in [-0.39, 0.29) is 11.7 Å². The molecule has 1 N–H and O–H groups in total. The fourth-order valence-corrected chi connectivity index (χ4v) is 4.08. The van der Waals surface area contributed by atoms with E-state index in [1.54, 1.807) is 29.1 Å². The number of amides is 1. The van der Waals surface area contributed by atoms with Crippen molar-refractivity contribution in [2.24, 2.45) is 0 Å². The van der Waals surface area contributed by atoms with Crippen LogP contribution in [0.5, 0.6) is 0 Å². The lowest BCUT2D eigenvalue weighted by molar-refractivity contribution is 0.0374. The number of morpholine rings is 1. The third kappa shape index (κ3) is 4.81. The van der Waals surface area contributed by atoms with Crippen molar-refractivity contribution >= 4 is 11.4 Å². The molecule has 5 rings (SSSR count). The van der Waals surface area contributed by atoms with E-state index in [1.807, 2.05) is 34.9 Å². The van der Waals surface area contributed by atoms with Gasteiger partial charge >= 0.3 is 0 Å². The molecule has 170 valence electrons. The molecule has 4 aromatic rings. The van der Waals surface area contributed by atoms with Gasteiger partial charge in [0.05, 0.1) is 13.2 Å². The van der Waals surface area contributed by atoms with Gasteiger partial charge in [-0.25, -0.2) is 9.07 Å². The largest absolute Gasteiger partial charge is 0.379 e. The Labute approximate surface area is 191 Å². The normalized spacial score (nSPS) is 14.6. The molecule has 33 heavy (non-hydrogen) atoms. The van der Waals surface area contributed by atoms with Gasteiger partial charge in [-0.15, -0.1) is 0 Å². The topological polar surface area (TPSA) is 63.8 Å². The lowest BCUT2D eigenvalue weighted by atomic mass is 10.1. The van der Waals surface area contributed by atoms with Crippen LogP contribution < -0.4 is 5.32 Å². The summed E-state index contributed by atoms with van der Waals surface area (Å²) in [6, 6.07) is 16.1. The van der Waals surface area contributed by atoms with Crippen LogP contribution in [0.3, 0.4) is 0 Å². The molecule has 1 aliphatic heterocycles. The van der Waals surface area contributed by atoms with Crippen molar-refractivity contribution in [3.8, 4) is 16.9 Å². The highest BCUT2D eigenvalue weighted by molar-refractivity contribution is 5.92. The highest BCUT2D eigenvalue weighted by atomic mass is 19.1. The van der Waals surface area contributed by atoms with Crippen LogP contribution in [-0.2, 0) is 4.74 Å². The van der Waals surface area contributed by atoms with E-state index >= 15 is 0 Å². The van der Waals surface area contributed by atoms with Crippen LogP contribution in [0.4, 0.5) is 4.39 Å². The highest BCUT2D eigenvalue weighted by Crippen LogP contribution is 2.23. The second-order valence-corrected chi connectivity index (χ2v) is 8.12. The van der Waals surface area contributed by atoms with E-state index in [0.717, 1.165) is 61.7 Å². The van der Waals surface area contributed by atoms with Crippen molar-refractivity contribution < 1.29 is 13.9 Å². The molecule has 0 atom stereocenters. The van der Waals surface area contributed by atoms with Crippen LogP contribution >= 0.6 is 0 Å². The van der Waals surface area contributed by atoms with Crippen molar-refractivity contribution in [2.75, 3.05) is 39.4 Å². The van der Waals surface area contributed by atoms with Crippen molar-refractivity contribution in [1.29, 1.82) is 0 Å². The number of carbonyl (C=O) groups excluding carboxylic acids is 1. The minimum absolute atomic E-state index is 0.177. The van der Waals surface area contributed by atoms with Gasteiger partial charge in [0.25, 0.3) is 5.91 Å². The van der Waals surface area contributed by atoms with Crippen molar-refractivity contribution in [3.05, 3.63) is 78.5 Å². The van der Waals surface area contributed by atoms with Crippen LogP contribution in [0.2, 0.25) is 0 Å². The molecular formula is C25H26FN5O2. The van der Waals surface area contributed by atoms with Gasteiger partial charge in [-0.05, 0) is 60.5 Å². The molecule has 0 radical (unpaired) electrons. The van der Waals surface area contributed by atoms with Crippen LogP contribution in [0.15, 0.2) is 67.0 Å². The van der Waals surface area contributed by atoms with Gasteiger partial charge in [0, 0.05) is 37.5 Å². The summed E-state index contributed by atoms with van der Waals surface area (Å²) in [6.45, 7) is 5.02. The molecule has 3 aromatic heterocycles. The zero-order valence-electron chi connectivity index (χ0n) is 18.3. The molecular weight excluding hydrogens is 421 g/mol. The number of benzene rings is 1. The number of aromatic nitrogens is 3. The number of pyridine rings is 1. The second kappa shape index (κ2) is 9.56. The summed E-state index contributed by atoms with van der Waals surface area (Å²) in [5, 5.41) is 7.45. The van der Waals surface area contributed by atoms with Crippen molar-refractivity contribution in [3.63, 3.8) is 0 Å². The molecule has 1 saturated heterocycles. The Morgan fingerprint density at radius 3 is 2.58 bits per heavy atom. The van der Waals surface area contributed by atoms with Crippen LogP contribution in [0.1, 0.15) is 16.9 Å². The fourth-order valence-electron chi connectivity index (χ4n) is 4.08. The average molecular weight is 448 g/mol. The Bertz CT molecular complexity index is 1240. The number of fused-ring (bicyclic) bond motifs is 1. The van der Waals surface area contributed by atoms with Gasteiger partial charge in [-0.2, -0.15) is 5.10 Å². The third-order valence-electron chi connectivity index (χ3n) is 5.90. The first-order valence-corrected chi connectivity index (χ1v) is 11.2. The van der Waals surface area contributed by atoms with Gasteiger partial charge in [0.1, 0.15) is 11.6 Å². The van der Waals surface area contributed by atoms with Gasteiger partial charge in [0.15, 0.2) is 5.69 Å². The summed E-state index contributed by atoms with van der Waals surface area (Å²) in [4.78, 5) is 14.9. The number of halogens is 1. The smallest absolute Gasteiger partial charge is 0.271 e. The predicted molar refractivity (Wildman–Crippen MR) is 124 cm³/mol. The van der Waals surface area contributed by atoms with E-state index in [1.165, 1.54) is 12.1 Å². The number of hydrogen-bond donors (Lipinski definition) is 1. The zero-order chi connectivity index (χ0) is 22.6. The molecule has 1 aliphatic rings. The number of hydrogen-bond acceptors (Lipinski definition) is 4. The number of rotatable bonds is 7. The summed E-state index contributed by atoms with van der Waals surface area (Å²) >= 11 is 0. The molecule has 8 heteroatoms. The second-order valence-electron chi connectivity index (χ2n) is 8.12. The Morgan fingerprint density at radius 1 is 1.00 bits per heavy atom. The Balaban J connectivity index is 1.26. The van der Waals surface area contributed by atoms with Gasteiger partial charge in [-0.1, -0.05) is 18.2 Å². The average Bonchev–Trinajstić information content (AvgIpc) is 3.50. The maximum absolute atomic E-state index is 13.3. The minimum atomic E-state index is -0.259. The standard InChI is InChI=1S/C25H26FN5O2/c26-21-5-2-19(3-6-21)20-4-7-22-8-9-24(30(22)18-20)31-13-10-23(28-31)25(32)27-11-1-12-29-14-16-33-17-15-29/h2-10,13,18H,1,11-12,14-17H2,(H,27,32). The summed E-state index contributed by atoms with van der Waals surface area (Å²) < 4.78 is 22.4. The maximum Gasteiger partial charge on any atom is 0.271 e. The summed E-state index contributed by atoms with van der Waals surface area (Å²) in [5.41, 5.74) is 3.27. The lowest BCUT2D eigenvalue weighted by Gasteiger charge is -2.26. The van der Waals surface area contributed by atoms with Crippen LogP contribution in [0, 0.1) is 5.82 Å². The quantitative estimate of drug-likeness (QED) is 0.441. The summed E-state index contributed by atoms with van der Waals surface area (Å²) in [7, 11) is 0. The van der Waals surface area contributed by atoms with E-state index < -0.39 is 0 Å². The van der Waals surface area contributed by atoms with Crippen molar-refractivity contribution in [2.45, 2.75) is 6.42 Å². The molecule has 0 bridgehead atoms. The van der Waals surface area contributed by atoms with E-state index in [9.17, 15) is 9.18 Å².